The van der Waals surface area contributed by atoms with E-state index >= 15 is 0 Å². The molecule has 0 saturated carbocycles. The van der Waals surface area contributed by atoms with E-state index in [1.807, 2.05) is 24.3 Å². The number of ether oxygens (including phenoxy) is 1. The smallest absolute Gasteiger partial charge is 0.271 e. The zero-order valence-corrected chi connectivity index (χ0v) is 14.4. The summed E-state index contributed by atoms with van der Waals surface area (Å²) < 4.78 is 5.13. The van der Waals surface area contributed by atoms with Gasteiger partial charge in [0, 0.05) is 13.1 Å². The minimum Gasteiger partial charge on any atom is -0.497 e. The second-order valence-corrected chi connectivity index (χ2v) is 5.93. The lowest BCUT2D eigenvalue weighted by atomic mass is 10.1. The fraction of sp³-hybridized carbons (Fsp3) is 0.389. The molecule has 2 aromatic rings. The minimum absolute atomic E-state index is 0.190. The number of methoxy groups -OCH3 is 1. The topological polar surface area (TPSA) is 76.1 Å². The quantitative estimate of drug-likeness (QED) is 0.779. The largest absolute Gasteiger partial charge is 0.497 e. The van der Waals surface area contributed by atoms with Gasteiger partial charge in [-0.05, 0) is 30.0 Å². The standard InChI is InChI=1S/C18H24N4O2/c1-13(2)8-9-19-18(23)16-11-22-17(12-20-16)21-10-14-4-6-15(24-3)7-5-14/h4-7,11-13H,8-10H2,1-3H3,(H,19,23)(H,21,22). The zero-order chi connectivity index (χ0) is 17.4. The Hall–Kier alpha value is -2.63. The van der Waals surface area contributed by atoms with Gasteiger partial charge in [0.1, 0.15) is 17.3 Å². The Labute approximate surface area is 142 Å². The molecule has 6 nitrogen and oxygen atoms in total. The van der Waals surface area contributed by atoms with Crippen LogP contribution in [0.4, 0.5) is 5.82 Å². The number of aromatic nitrogens is 2. The molecule has 6 heteroatoms. The van der Waals surface area contributed by atoms with Gasteiger partial charge in [0.25, 0.3) is 5.91 Å². The van der Waals surface area contributed by atoms with Crippen LogP contribution in [-0.2, 0) is 6.54 Å². The average Bonchev–Trinajstić information content (AvgIpc) is 2.60. The number of hydrogen-bond donors (Lipinski definition) is 2. The Kier molecular flexibility index (Phi) is 6.54. The van der Waals surface area contributed by atoms with Crippen LogP contribution in [0.25, 0.3) is 0 Å². The molecule has 1 heterocycles. The SMILES string of the molecule is COc1ccc(CNc2cnc(C(=O)NCCC(C)C)cn2)cc1. The molecule has 0 fully saturated rings. The van der Waals surface area contributed by atoms with Gasteiger partial charge in [-0.3, -0.25) is 4.79 Å². The first-order valence-electron chi connectivity index (χ1n) is 8.05. The Bertz CT molecular complexity index is 639. The van der Waals surface area contributed by atoms with Gasteiger partial charge in [-0.1, -0.05) is 26.0 Å². The van der Waals surface area contributed by atoms with E-state index in [9.17, 15) is 4.79 Å². The number of carbonyl (C=O) groups excluding carboxylic acids is 1. The molecule has 0 radical (unpaired) electrons. The summed E-state index contributed by atoms with van der Waals surface area (Å²) in [5, 5.41) is 6.02. The fourth-order valence-corrected chi connectivity index (χ4v) is 2.04. The monoisotopic (exact) mass is 328 g/mol. The fourth-order valence-electron chi connectivity index (χ4n) is 2.04. The minimum atomic E-state index is -0.190. The third kappa shape index (κ3) is 5.53. The van der Waals surface area contributed by atoms with Crippen molar-refractivity contribution in [2.75, 3.05) is 19.0 Å². The molecule has 0 aliphatic heterocycles. The van der Waals surface area contributed by atoms with Crippen molar-refractivity contribution < 1.29 is 9.53 Å². The van der Waals surface area contributed by atoms with Gasteiger partial charge >= 0.3 is 0 Å². The van der Waals surface area contributed by atoms with Crippen molar-refractivity contribution in [1.82, 2.24) is 15.3 Å². The van der Waals surface area contributed by atoms with Crippen LogP contribution in [0.2, 0.25) is 0 Å². The highest BCUT2D eigenvalue weighted by Gasteiger charge is 2.07. The van der Waals surface area contributed by atoms with E-state index in [-0.39, 0.29) is 5.91 Å². The van der Waals surface area contributed by atoms with Gasteiger partial charge in [0.15, 0.2) is 0 Å². The molecule has 2 rings (SSSR count). The first-order valence-corrected chi connectivity index (χ1v) is 8.05. The number of anilines is 1. The number of rotatable bonds is 8. The molecule has 128 valence electrons. The second kappa shape index (κ2) is 8.86. The van der Waals surface area contributed by atoms with Crippen molar-refractivity contribution in [2.45, 2.75) is 26.8 Å². The molecule has 0 aliphatic rings. The van der Waals surface area contributed by atoms with Crippen molar-refractivity contribution in [1.29, 1.82) is 0 Å². The summed E-state index contributed by atoms with van der Waals surface area (Å²) in [4.78, 5) is 20.3. The van der Waals surface area contributed by atoms with Crippen LogP contribution >= 0.6 is 0 Å². The Morgan fingerprint density at radius 3 is 2.50 bits per heavy atom. The lowest BCUT2D eigenvalue weighted by Crippen LogP contribution is -2.26. The summed E-state index contributed by atoms with van der Waals surface area (Å²) >= 11 is 0. The summed E-state index contributed by atoms with van der Waals surface area (Å²) in [6.45, 7) is 5.51. The van der Waals surface area contributed by atoms with E-state index in [4.69, 9.17) is 4.74 Å². The summed E-state index contributed by atoms with van der Waals surface area (Å²) in [7, 11) is 1.64. The summed E-state index contributed by atoms with van der Waals surface area (Å²) in [5.74, 6) is 1.82. The predicted molar refractivity (Wildman–Crippen MR) is 94.1 cm³/mol. The zero-order valence-electron chi connectivity index (χ0n) is 14.4. The molecule has 2 N–H and O–H groups in total. The van der Waals surface area contributed by atoms with Gasteiger partial charge in [-0.2, -0.15) is 0 Å². The van der Waals surface area contributed by atoms with E-state index in [0.717, 1.165) is 17.7 Å². The molecule has 0 aliphatic carbocycles. The van der Waals surface area contributed by atoms with Crippen LogP contribution < -0.4 is 15.4 Å². The highest BCUT2D eigenvalue weighted by atomic mass is 16.5. The molecule has 0 spiro atoms. The lowest BCUT2D eigenvalue weighted by molar-refractivity contribution is 0.0946. The summed E-state index contributed by atoms with van der Waals surface area (Å²) in [5.41, 5.74) is 1.43. The normalized spacial score (nSPS) is 10.5. The van der Waals surface area contributed by atoms with Crippen molar-refractivity contribution in [3.05, 3.63) is 47.9 Å². The summed E-state index contributed by atoms with van der Waals surface area (Å²) in [6, 6.07) is 7.78. The van der Waals surface area contributed by atoms with E-state index < -0.39 is 0 Å². The number of benzene rings is 1. The molecule has 0 saturated heterocycles. The van der Waals surface area contributed by atoms with Crippen molar-refractivity contribution in [3.63, 3.8) is 0 Å². The number of nitrogens with zero attached hydrogens (tertiary/aromatic N) is 2. The third-order valence-electron chi connectivity index (χ3n) is 3.52. The van der Waals surface area contributed by atoms with E-state index in [2.05, 4.69) is 34.4 Å². The first-order chi connectivity index (χ1) is 11.6. The number of amides is 1. The maximum absolute atomic E-state index is 11.9. The molecule has 1 aromatic heterocycles. The first kappa shape index (κ1) is 17.7. The Morgan fingerprint density at radius 1 is 1.17 bits per heavy atom. The van der Waals surface area contributed by atoms with Gasteiger partial charge < -0.3 is 15.4 Å². The van der Waals surface area contributed by atoms with Crippen molar-refractivity contribution in [2.24, 2.45) is 5.92 Å². The molecule has 0 bridgehead atoms. The molecule has 1 aromatic carbocycles. The maximum atomic E-state index is 11.9. The molecule has 1 amide bonds. The van der Waals surface area contributed by atoms with Gasteiger partial charge in [-0.15, -0.1) is 0 Å². The highest BCUT2D eigenvalue weighted by Crippen LogP contribution is 2.12. The van der Waals surface area contributed by atoms with Crippen LogP contribution in [0, 0.1) is 5.92 Å². The van der Waals surface area contributed by atoms with Crippen LogP contribution in [0.3, 0.4) is 0 Å². The number of hydrogen-bond acceptors (Lipinski definition) is 5. The van der Waals surface area contributed by atoms with Crippen LogP contribution in [-0.4, -0.2) is 29.5 Å². The van der Waals surface area contributed by atoms with Gasteiger partial charge in [0.2, 0.25) is 0 Å². The van der Waals surface area contributed by atoms with Crippen LogP contribution in [0.1, 0.15) is 36.3 Å². The Morgan fingerprint density at radius 2 is 1.92 bits per heavy atom. The molecular weight excluding hydrogens is 304 g/mol. The van der Waals surface area contributed by atoms with Crippen LogP contribution in [0.15, 0.2) is 36.7 Å². The van der Waals surface area contributed by atoms with Gasteiger partial charge in [0.05, 0.1) is 19.5 Å². The molecule has 0 unspecified atom stereocenters. The van der Waals surface area contributed by atoms with Gasteiger partial charge in [-0.25, -0.2) is 9.97 Å². The third-order valence-corrected chi connectivity index (χ3v) is 3.52. The molecule has 24 heavy (non-hydrogen) atoms. The molecule has 0 atom stereocenters. The van der Waals surface area contributed by atoms with Crippen LogP contribution in [0.5, 0.6) is 5.75 Å². The lowest BCUT2D eigenvalue weighted by Gasteiger charge is -2.08. The average molecular weight is 328 g/mol. The molecular formula is C18H24N4O2. The Balaban J connectivity index is 1.83. The number of carbonyl (C=O) groups is 1. The van der Waals surface area contributed by atoms with E-state index in [1.54, 1.807) is 13.3 Å². The predicted octanol–water partition coefficient (Wildman–Crippen LogP) is 2.87. The van der Waals surface area contributed by atoms with E-state index in [1.165, 1.54) is 6.20 Å². The highest BCUT2D eigenvalue weighted by molar-refractivity contribution is 5.91. The number of nitrogens with one attached hydrogen (secondary N) is 2. The summed E-state index contributed by atoms with van der Waals surface area (Å²) in [6.07, 6.45) is 4.00. The maximum Gasteiger partial charge on any atom is 0.271 e. The van der Waals surface area contributed by atoms with E-state index in [0.29, 0.717) is 30.5 Å². The van der Waals surface area contributed by atoms with Crippen molar-refractivity contribution in [3.8, 4) is 5.75 Å². The van der Waals surface area contributed by atoms with Crippen molar-refractivity contribution >= 4 is 11.7 Å². The second-order valence-electron chi connectivity index (χ2n) is 5.93.